The number of carbonyl (C=O) groups is 1. The molecule has 0 saturated carbocycles. The zero-order chi connectivity index (χ0) is 13.7. The third kappa shape index (κ3) is 3.36. The van der Waals surface area contributed by atoms with E-state index in [2.05, 4.69) is 28.7 Å². The number of nitrogens with one attached hydrogen (secondary N) is 2. The highest BCUT2D eigenvalue weighted by atomic mass is 16.2. The molecule has 0 spiro atoms. The maximum atomic E-state index is 12.2. The van der Waals surface area contributed by atoms with Crippen LogP contribution in [0.2, 0.25) is 0 Å². The van der Waals surface area contributed by atoms with E-state index in [0.717, 1.165) is 19.4 Å². The van der Waals surface area contributed by atoms with Crippen molar-refractivity contribution in [1.82, 2.24) is 10.6 Å². The zero-order valence-electron chi connectivity index (χ0n) is 11.3. The Morgan fingerprint density at radius 3 is 2.95 bits per heavy atom. The van der Waals surface area contributed by atoms with Gasteiger partial charge in [0.2, 0.25) is 5.91 Å². The smallest absolute Gasteiger partial charge is 0.237 e. The van der Waals surface area contributed by atoms with Gasteiger partial charge in [0.05, 0.1) is 6.04 Å². The maximum Gasteiger partial charge on any atom is 0.237 e. The van der Waals surface area contributed by atoms with Crippen molar-refractivity contribution in [3.05, 3.63) is 35.4 Å². The van der Waals surface area contributed by atoms with Crippen LogP contribution in [-0.4, -0.2) is 18.0 Å². The van der Waals surface area contributed by atoms with Gasteiger partial charge in [0.1, 0.15) is 0 Å². The summed E-state index contributed by atoms with van der Waals surface area (Å²) in [4.78, 5) is 12.2. The van der Waals surface area contributed by atoms with Gasteiger partial charge in [-0.05, 0) is 24.0 Å². The highest BCUT2D eigenvalue weighted by molar-refractivity contribution is 5.82. The van der Waals surface area contributed by atoms with Crippen LogP contribution in [0.4, 0.5) is 0 Å². The molecular formula is C16H20N2O. The van der Waals surface area contributed by atoms with Crippen molar-refractivity contribution in [2.45, 2.75) is 44.8 Å². The van der Waals surface area contributed by atoms with E-state index in [-0.39, 0.29) is 18.0 Å². The molecule has 2 N–H and O–H groups in total. The van der Waals surface area contributed by atoms with Crippen LogP contribution in [0.15, 0.2) is 24.3 Å². The molecule has 2 atom stereocenters. The second kappa shape index (κ2) is 6.40. The predicted octanol–water partition coefficient (Wildman–Crippen LogP) is 1.62. The number of benzene rings is 1. The number of amides is 1. The first-order valence-electron chi connectivity index (χ1n) is 6.78. The van der Waals surface area contributed by atoms with Crippen LogP contribution in [-0.2, 0) is 17.8 Å². The van der Waals surface area contributed by atoms with Gasteiger partial charge in [0.25, 0.3) is 0 Å². The van der Waals surface area contributed by atoms with Crippen molar-refractivity contribution >= 4 is 5.91 Å². The van der Waals surface area contributed by atoms with Crippen molar-refractivity contribution in [1.29, 1.82) is 0 Å². The Hall–Kier alpha value is -1.79. The molecule has 1 unspecified atom stereocenters. The molecule has 3 nitrogen and oxygen atoms in total. The molecule has 1 aromatic rings. The molecule has 19 heavy (non-hydrogen) atoms. The lowest BCUT2D eigenvalue weighted by atomic mass is 9.95. The minimum absolute atomic E-state index is 0.0524. The maximum absolute atomic E-state index is 12.2. The Morgan fingerprint density at radius 1 is 1.53 bits per heavy atom. The Balaban J connectivity index is 1.97. The third-order valence-electron chi connectivity index (χ3n) is 3.60. The molecule has 1 aliphatic heterocycles. The van der Waals surface area contributed by atoms with Gasteiger partial charge in [0, 0.05) is 19.0 Å². The molecule has 0 aliphatic carbocycles. The van der Waals surface area contributed by atoms with Crippen molar-refractivity contribution in [3.63, 3.8) is 0 Å². The van der Waals surface area contributed by atoms with Crippen LogP contribution in [0.1, 0.15) is 30.9 Å². The predicted molar refractivity (Wildman–Crippen MR) is 76.4 cm³/mol. The van der Waals surface area contributed by atoms with Gasteiger partial charge in [-0.2, -0.15) is 0 Å². The lowest BCUT2D eigenvalue weighted by Crippen LogP contribution is -2.50. The van der Waals surface area contributed by atoms with Gasteiger partial charge in [0.15, 0.2) is 0 Å². The van der Waals surface area contributed by atoms with Crippen molar-refractivity contribution < 1.29 is 4.79 Å². The number of rotatable bonds is 4. The fraction of sp³-hybridized carbons (Fsp3) is 0.438. The van der Waals surface area contributed by atoms with Gasteiger partial charge in [-0.15, -0.1) is 12.3 Å². The van der Waals surface area contributed by atoms with Crippen LogP contribution in [0.25, 0.3) is 0 Å². The molecule has 1 aliphatic rings. The molecule has 0 saturated heterocycles. The summed E-state index contributed by atoms with van der Waals surface area (Å²) in [5.41, 5.74) is 2.54. The molecule has 0 bridgehead atoms. The van der Waals surface area contributed by atoms with E-state index in [0.29, 0.717) is 6.42 Å². The quantitative estimate of drug-likeness (QED) is 0.804. The minimum Gasteiger partial charge on any atom is -0.351 e. The van der Waals surface area contributed by atoms with Gasteiger partial charge < -0.3 is 10.6 Å². The first kappa shape index (κ1) is 13.6. The van der Waals surface area contributed by atoms with Crippen molar-refractivity contribution in [2.24, 2.45) is 0 Å². The minimum atomic E-state index is -0.151. The fourth-order valence-electron chi connectivity index (χ4n) is 2.38. The lowest BCUT2D eigenvalue weighted by molar-refractivity contribution is -0.124. The third-order valence-corrected chi connectivity index (χ3v) is 3.60. The zero-order valence-corrected chi connectivity index (χ0v) is 11.3. The van der Waals surface area contributed by atoms with E-state index in [1.807, 2.05) is 19.1 Å². The Labute approximate surface area is 114 Å². The Bertz CT molecular complexity index is 490. The summed E-state index contributed by atoms with van der Waals surface area (Å²) in [7, 11) is 0. The van der Waals surface area contributed by atoms with Crippen molar-refractivity contribution in [3.8, 4) is 12.3 Å². The monoisotopic (exact) mass is 256 g/mol. The molecule has 1 amide bonds. The summed E-state index contributed by atoms with van der Waals surface area (Å²) in [5.74, 6) is 2.66. The standard InChI is InChI=1S/C16H20N2O/c1-3-7-14(4-2)18-16(19)15-10-12-8-5-6-9-13(12)11-17-15/h1,5-6,8-9,14-15,17H,4,7,10-11H2,2H3,(H,18,19)/t14?,15-/m0/s1. The van der Waals surface area contributed by atoms with E-state index in [1.165, 1.54) is 11.1 Å². The van der Waals surface area contributed by atoms with Crippen LogP contribution < -0.4 is 10.6 Å². The summed E-state index contributed by atoms with van der Waals surface area (Å²) < 4.78 is 0. The van der Waals surface area contributed by atoms with Gasteiger partial charge >= 0.3 is 0 Å². The van der Waals surface area contributed by atoms with Crippen LogP contribution in [0.5, 0.6) is 0 Å². The second-order valence-corrected chi connectivity index (χ2v) is 4.93. The fourth-order valence-corrected chi connectivity index (χ4v) is 2.38. The van der Waals surface area contributed by atoms with E-state index >= 15 is 0 Å². The van der Waals surface area contributed by atoms with Crippen LogP contribution >= 0.6 is 0 Å². The SMILES string of the molecule is C#CCC(CC)NC(=O)[C@@H]1Cc2ccccc2CN1. The number of hydrogen-bond acceptors (Lipinski definition) is 2. The molecule has 0 fully saturated rings. The summed E-state index contributed by atoms with van der Waals surface area (Å²) in [6, 6.07) is 8.17. The summed E-state index contributed by atoms with van der Waals surface area (Å²) in [6.45, 7) is 2.78. The molecule has 0 aromatic heterocycles. The average molecular weight is 256 g/mol. The first-order valence-corrected chi connectivity index (χ1v) is 6.78. The molecule has 1 heterocycles. The molecule has 3 heteroatoms. The number of fused-ring (bicyclic) bond motifs is 1. The number of hydrogen-bond donors (Lipinski definition) is 2. The highest BCUT2D eigenvalue weighted by Gasteiger charge is 2.24. The van der Waals surface area contributed by atoms with Crippen LogP contribution in [0.3, 0.4) is 0 Å². The van der Waals surface area contributed by atoms with Gasteiger partial charge in [-0.1, -0.05) is 31.2 Å². The molecular weight excluding hydrogens is 236 g/mol. The normalized spacial score (nSPS) is 19.1. The summed E-state index contributed by atoms with van der Waals surface area (Å²) >= 11 is 0. The Morgan fingerprint density at radius 2 is 2.26 bits per heavy atom. The van der Waals surface area contributed by atoms with Crippen molar-refractivity contribution in [2.75, 3.05) is 0 Å². The van der Waals surface area contributed by atoms with E-state index < -0.39 is 0 Å². The van der Waals surface area contributed by atoms with E-state index in [9.17, 15) is 4.79 Å². The molecule has 0 radical (unpaired) electrons. The number of terminal acetylenes is 1. The molecule has 1 aromatic carbocycles. The summed E-state index contributed by atoms with van der Waals surface area (Å²) in [6.07, 6.45) is 7.50. The van der Waals surface area contributed by atoms with Gasteiger partial charge in [-0.25, -0.2) is 0 Å². The number of carbonyl (C=O) groups excluding carboxylic acids is 1. The molecule has 2 rings (SSSR count). The van der Waals surface area contributed by atoms with Gasteiger partial charge in [-0.3, -0.25) is 4.79 Å². The topological polar surface area (TPSA) is 41.1 Å². The van der Waals surface area contributed by atoms with E-state index in [1.54, 1.807) is 0 Å². The largest absolute Gasteiger partial charge is 0.351 e. The van der Waals surface area contributed by atoms with E-state index in [4.69, 9.17) is 6.42 Å². The average Bonchev–Trinajstić information content (AvgIpc) is 2.46. The lowest BCUT2D eigenvalue weighted by Gasteiger charge is -2.27. The Kier molecular flexibility index (Phi) is 4.59. The molecule has 100 valence electrons. The second-order valence-electron chi connectivity index (χ2n) is 4.93. The van der Waals surface area contributed by atoms with Crippen LogP contribution in [0, 0.1) is 12.3 Å². The highest BCUT2D eigenvalue weighted by Crippen LogP contribution is 2.16. The summed E-state index contributed by atoms with van der Waals surface area (Å²) in [5, 5.41) is 6.31. The first-order chi connectivity index (χ1) is 9.24.